The number of rotatable bonds is 7. The van der Waals surface area contributed by atoms with Crippen LogP contribution in [0.3, 0.4) is 0 Å². The highest BCUT2D eigenvalue weighted by molar-refractivity contribution is 5.99. The van der Waals surface area contributed by atoms with Gasteiger partial charge in [0, 0.05) is 36.1 Å². The predicted molar refractivity (Wildman–Crippen MR) is 84.8 cm³/mol. The van der Waals surface area contributed by atoms with Crippen molar-refractivity contribution in [3.63, 3.8) is 0 Å². The molecule has 0 aromatic carbocycles. The van der Waals surface area contributed by atoms with Gasteiger partial charge in [0.2, 0.25) is 0 Å². The molecule has 1 fully saturated rings. The standard InChI is InChI=1S/C17H28N2O2/c1-4-19-13(2)11-16(14(19)3)17(21)12-18(9-10-20)15-7-5-6-8-15/h11,15,20H,4-10,12H2,1-3H3. The van der Waals surface area contributed by atoms with E-state index in [0.29, 0.717) is 19.1 Å². The first kappa shape index (κ1) is 16.2. The van der Waals surface area contributed by atoms with Gasteiger partial charge >= 0.3 is 0 Å². The average Bonchev–Trinajstić information content (AvgIpc) is 3.07. The Morgan fingerprint density at radius 2 is 2.05 bits per heavy atom. The Balaban J connectivity index is 2.11. The van der Waals surface area contributed by atoms with E-state index in [4.69, 9.17) is 0 Å². The summed E-state index contributed by atoms with van der Waals surface area (Å²) in [7, 11) is 0. The molecule has 0 unspecified atom stereocenters. The largest absolute Gasteiger partial charge is 0.395 e. The van der Waals surface area contributed by atoms with Crippen LogP contribution in [0.4, 0.5) is 0 Å². The summed E-state index contributed by atoms with van der Waals surface area (Å²) in [5, 5.41) is 9.26. The molecule has 0 atom stereocenters. The van der Waals surface area contributed by atoms with Crippen LogP contribution in [0.15, 0.2) is 6.07 Å². The fourth-order valence-electron chi connectivity index (χ4n) is 3.63. The molecule has 1 N–H and O–H groups in total. The van der Waals surface area contributed by atoms with Gasteiger partial charge < -0.3 is 9.67 Å². The molecular formula is C17H28N2O2. The highest BCUT2D eigenvalue weighted by Gasteiger charge is 2.25. The summed E-state index contributed by atoms with van der Waals surface area (Å²) in [6, 6.07) is 2.48. The Hall–Kier alpha value is -1.13. The molecular weight excluding hydrogens is 264 g/mol. The van der Waals surface area contributed by atoms with E-state index in [0.717, 1.165) is 36.3 Å². The third kappa shape index (κ3) is 3.55. The van der Waals surface area contributed by atoms with Gasteiger partial charge in [-0.05, 0) is 39.7 Å². The molecule has 0 saturated heterocycles. The number of aromatic nitrogens is 1. The maximum absolute atomic E-state index is 12.7. The maximum Gasteiger partial charge on any atom is 0.178 e. The normalized spacial score (nSPS) is 16.0. The fourth-order valence-corrected chi connectivity index (χ4v) is 3.63. The fraction of sp³-hybridized carbons (Fsp3) is 0.706. The van der Waals surface area contributed by atoms with Gasteiger partial charge in [-0.2, -0.15) is 0 Å². The SMILES string of the molecule is CCn1c(C)cc(C(=O)CN(CCO)C2CCCC2)c1C. The quantitative estimate of drug-likeness (QED) is 0.786. The zero-order valence-electron chi connectivity index (χ0n) is 13.6. The number of hydrogen-bond donors (Lipinski definition) is 1. The van der Waals surface area contributed by atoms with Crippen LogP contribution in [0.1, 0.15) is 54.4 Å². The van der Waals surface area contributed by atoms with Crippen LogP contribution in [0.25, 0.3) is 0 Å². The lowest BCUT2D eigenvalue weighted by atomic mass is 10.1. The predicted octanol–water partition coefficient (Wildman–Crippen LogP) is 2.54. The molecule has 4 heteroatoms. The molecule has 1 aliphatic rings. The number of aryl methyl sites for hydroxylation is 1. The molecule has 1 saturated carbocycles. The highest BCUT2D eigenvalue weighted by atomic mass is 16.3. The Bertz CT molecular complexity index is 487. The molecule has 1 aliphatic carbocycles. The van der Waals surface area contributed by atoms with E-state index < -0.39 is 0 Å². The van der Waals surface area contributed by atoms with Crippen molar-refractivity contribution in [2.75, 3.05) is 19.7 Å². The van der Waals surface area contributed by atoms with E-state index in [1.165, 1.54) is 12.8 Å². The van der Waals surface area contributed by atoms with E-state index in [2.05, 4.69) is 23.3 Å². The van der Waals surface area contributed by atoms with Crippen molar-refractivity contribution in [1.82, 2.24) is 9.47 Å². The highest BCUT2D eigenvalue weighted by Crippen LogP contribution is 2.24. The molecule has 0 aliphatic heterocycles. The Kier molecular flexibility index (Phi) is 5.59. The second-order valence-electron chi connectivity index (χ2n) is 6.08. The molecule has 2 rings (SSSR count). The first-order chi connectivity index (χ1) is 10.1. The average molecular weight is 292 g/mol. The van der Waals surface area contributed by atoms with E-state index >= 15 is 0 Å². The number of aliphatic hydroxyl groups excluding tert-OH is 1. The van der Waals surface area contributed by atoms with E-state index in [1.54, 1.807) is 0 Å². The zero-order chi connectivity index (χ0) is 15.4. The summed E-state index contributed by atoms with van der Waals surface area (Å²) < 4.78 is 2.18. The van der Waals surface area contributed by atoms with Gasteiger partial charge in [0.25, 0.3) is 0 Å². The molecule has 1 heterocycles. The Morgan fingerprint density at radius 1 is 1.38 bits per heavy atom. The first-order valence-corrected chi connectivity index (χ1v) is 8.13. The van der Waals surface area contributed by atoms with E-state index in [1.807, 2.05) is 13.0 Å². The summed E-state index contributed by atoms with van der Waals surface area (Å²) in [5.74, 6) is 0.183. The van der Waals surface area contributed by atoms with Gasteiger partial charge in [0.05, 0.1) is 13.2 Å². The molecule has 0 radical (unpaired) electrons. The van der Waals surface area contributed by atoms with Crippen molar-refractivity contribution in [1.29, 1.82) is 0 Å². The van der Waals surface area contributed by atoms with Crippen molar-refractivity contribution in [3.8, 4) is 0 Å². The van der Waals surface area contributed by atoms with Crippen molar-refractivity contribution >= 4 is 5.78 Å². The van der Waals surface area contributed by atoms with Gasteiger partial charge in [0.15, 0.2) is 5.78 Å². The summed E-state index contributed by atoms with van der Waals surface area (Å²) in [6.45, 7) is 8.23. The minimum absolute atomic E-state index is 0.123. The number of aliphatic hydroxyl groups is 1. The van der Waals surface area contributed by atoms with Gasteiger partial charge in [-0.15, -0.1) is 0 Å². The summed E-state index contributed by atoms with van der Waals surface area (Å²) in [4.78, 5) is 14.8. The molecule has 1 aromatic rings. The van der Waals surface area contributed by atoms with E-state index in [-0.39, 0.29) is 12.4 Å². The first-order valence-electron chi connectivity index (χ1n) is 8.13. The third-order valence-electron chi connectivity index (χ3n) is 4.77. The van der Waals surface area contributed by atoms with Crippen LogP contribution in [-0.2, 0) is 6.54 Å². The number of carbonyl (C=O) groups is 1. The molecule has 0 bridgehead atoms. The monoisotopic (exact) mass is 292 g/mol. The maximum atomic E-state index is 12.7. The van der Waals surface area contributed by atoms with Crippen LogP contribution in [0.2, 0.25) is 0 Å². The Labute approximate surface area is 127 Å². The lowest BCUT2D eigenvalue weighted by Gasteiger charge is -2.27. The third-order valence-corrected chi connectivity index (χ3v) is 4.77. The number of carbonyl (C=O) groups excluding carboxylic acids is 1. The molecule has 4 nitrogen and oxygen atoms in total. The van der Waals surface area contributed by atoms with E-state index in [9.17, 15) is 9.90 Å². The number of Topliss-reactive ketones (excluding diaryl/α,β-unsaturated/α-hetero) is 1. The summed E-state index contributed by atoms with van der Waals surface area (Å²) >= 11 is 0. The van der Waals surface area contributed by atoms with Gasteiger partial charge in [-0.1, -0.05) is 12.8 Å². The molecule has 118 valence electrons. The van der Waals surface area contributed by atoms with Gasteiger partial charge in [-0.3, -0.25) is 9.69 Å². The number of ketones is 1. The topological polar surface area (TPSA) is 45.5 Å². The lowest BCUT2D eigenvalue weighted by molar-refractivity contribution is 0.0862. The number of nitrogens with zero attached hydrogens (tertiary/aromatic N) is 2. The minimum Gasteiger partial charge on any atom is -0.395 e. The Morgan fingerprint density at radius 3 is 2.57 bits per heavy atom. The smallest absolute Gasteiger partial charge is 0.178 e. The molecule has 1 aromatic heterocycles. The van der Waals surface area contributed by atoms with Crippen LogP contribution in [0.5, 0.6) is 0 Å². The van der Waals surface area contributed by atoms with Crippen molar-refractivity contribution in [2.45, 2.75) is 59.0 Å². The van der Waals surface area contributed by atoms with Crippen molar-refractivity contribution in [3.05, 3.63) is 23.0 Å². The van der Waals surface area contributed by atoms with Crippen molar-refractivity contribution < 1.29 is 9.90 Å². The molecule has 21 heavy (non-hydrogen) atoms. The zero-order valence-corrected chi connectivity index (χ0v) is 13.6. The number of hydrogen-bond acceptors (Lipinski definition) is 3. The van der Waals surface area contributed by atoms with Crippen LogP contribution in [0, 0.1) is 13.8 Å². The summed E-state index contributed by atoms with van der Waals surface area (Å²) in [5.41, 5.74) is 3.05. The van der Waals surface area contributed by atoms with Crippen molar-refractivity contribution in [2.24, 2.45) is 0 Å². The minimum atomic E-state index is 0.123. The summed E-state index contributed by atoms with van der Waals surface area (Å²) in [6.07, 6.45) is 4.79. The lowest BCUT2D eigenvalue weighted by Crippen LogP contribution is -2.39. The van der Waals surface area contributed by atoms with Gasteiger partial charge in [0.1, 0.15) is 0 Å². The van der Waals surface area contributed by atoms with Crippen LogP contribution in [-0.4, -0.2) is 46.1 Å². The van der Waals surface area contributed by atoms with Crippen LogP contribution < -0.4 is 0 Å². The molecule has 0 spiro atoms. The molecule has 0 amide bonds. The van der Waals surface area contributed by atoms with Gasteiger partial charge in [-0.25, -0.2) is 0 Å². The second kappa shape index (κ2) is 7.23. The second-order valence-corrected chi connectivity index (χ2v) is 6.08. The van der Waals surface area contributed by atoms with Crippen LogP contribution >= 0.6 is 0 Å².